The highest BCUT2D eigenvalue weighted by atomic mass is 32.2. The monoisotopic (exact) mass is 472 g/mol. The molecular formula is C22H24N4O6S. The maximum absolute atomic E-state index is 12.8. The SMILES string of the molecule is Cc1nc2ccccc2n1CC(=O)OCC(=O)Nc1cccc(S(=O)(=O)N2CCOCC2)c1. The van der Waals surface area contributed by atoms with Crippen molar-refractivity contribution in [3.05, 3.63) is 54.4 Å². The molecule has 2 heterocycles. The first-order valence-corrected chi connectivity index (χ1v) is 11.8. The van der Waals surface area contributed by atoms with Crippen LogP contribution < -0.4 is 5.32 Å². The summed E-state index contributed by atoms with van der Waals surface area (Å²) in [6, 6.07) is 13.4. The van der Waals surface area contributed by atoms with E-state index in [9.17, 15) is 18.0 Å². The van der Waals surface area contributed by atoms with Gasteiger partial charge < -0.3 is 19.4 Å². The highest BCUT2D eigenvalue weighted by molar-refractivity contribution is 7.89. The van der Waals surface area contributed by atoms with Gasteiger partial charge in [0.05, 0.1) is 29.1 Å². The number of hydrogen-bond donors (Lipinski definition) is 1. The van der Waals surface area contributed by atoms with Gasteiger partial charge in [-0.2, -0.15) is 4.31 Å². The predicted molar refractivity (Wildman–Crippen MR) is 120 cm³/mol. The largest absolute Gasteiger partial charge is 0.454 e. The average molecular weight is 473 g/mol. The molecule has 0 saturated carbocycles. The van der Waals surface area contributed by atoms with Gasteiger partial charge in [-0.25, -0.2) is 13.4 Å². The minimum Gasteiger partial charge on any atom is -0.454 e. The van der Waals surface area contributed by atoms with E-state index in [1.54, 1.807) is 23.6 Å². The van der Waals surface area contributed by atoms with Crippen LogP contribution in [0.15, 0.2) is 53.4 Å². The van der Waals surface area contributed by atoms with E-state index in [1.807, 2.05) is 24.3 Å². The second-order valence-electron chi connectivity index (χ2n) is 7.49. The molecular weight excluding hydrogens is 448 g/mol. The van der Waals surface area contributed by atoms with Crippen LogP contribution in [0.2, 0.25) is 0 Å². The zero-order valence-electron chi connectivity index (χ0n) is 18.1. The summed E-state index contributed by atoms with van der Waals surface area (Å²) >= 11 is 0. The number of carbonyl (C=O) groups excluding carboxylic acids is 2. The zero-order chi connectivity index (χ0) is 23.4. The first-order chi connectivity index (χ1) is 15.8. The zero-order valence-corrected chi connectivity index (χ0v) is 18.9. The van der Waals surface area contributed by atoms with Crippen molar-refractivity contribution in [3.8, 4) is 0 Å². The number of ether oxygens (including phenoxy) is 2. The molecule has 3 aromatic rings. The van der Waals surface area contributed by atoms with Crippen LogP contribution in [0.1, 0.15) is 5.82 Å². The fraction of sp³-hybridized carbons (Fsp3) is 0.318. The number of morpholine rings is 1. The van der Waals surface area contributed by atoms with Gasteiger partial charge in [0.2, 0.25) is 10.0 Å². The van der Waals surface area contributed by atoms with Gasteiger partial charge in [0.25, 0.3) is 5.91 Å². The van der Waals surface area contributed by atoms with E-state index in [-0.39, 0.29) is 24.5 Å². The summed E-state index contributed by atoms with van der Waals surface area (Å²) in [5.74, 6) is -0.493. The molecule has 174 valence electrons. The number of sulfonamides is 1. The molecule has 0 aliphatic carbocycles. The Morgan fingerprint density at radius 3 is 2.67 bits per heavy atom. The minimum absolute atomic E-state index is 0.0710. The summed E-state index contributed by atoms with van der Waals surface area (Å²) in [5, 5.41) is 2.57. The van der Waals surface area contributed by atoms with Gasteiger partial charge in [0.1, 0.15) is 12.4 Å². The molecule has 4 rings (SSSR count). The molecule has 1 aromatic heterocycles. The molecule has 10 nitrogen and oxygen atoms in total. The number of amides is 1. The Morgan fingerprint density at radius 2 is 1.88 bits per heavy atom. The smallest absolute Gasteiger partial charge is 0.326 e. The number of para-hydroxylation sites is 2. The predicted octanol–water partition coefficient (Wildman–Crippen LogP) is 1.55. The number of imidazole rings is 1. The Kier molecular flexibility index (Phi) is 6.72. The third-order valence-corrected chi connectivity index (χ3v) is 7.12. The van der Waals surface area contributed by atoms with Crippen molar-refractivity contribution in [2.75, 3.05) is 38.2 Å². The summed E-state index contributed by atoms with van der Waals surface area (Å²) < 4.78 is 39.0. The van der Waals surface area contributed by atoms with Crippen molar-refractivity contribution in [2.45, 2.75) is 18.4 Å². The number of fused-ring (bicyclic) bond motifs is 1. The fourth-order valence-electron chi connectivity index (χ4n) is 3.58. The van der Waals surface area contributed by atoms with E-state index in [4.69, 9.17) is 9.47 Å². The normalized spacial score (nSPS) is 14.8. The third kappa shape index (κ3) is 5.21. The summed E-state index contributed by atoms with van der Waals surface area (Å²) in [7, 11) is -3.69. The van der Waals surface area contributed by atoms with Crippen molar-refractivity contribution in [3.63, 3.8) is 0 Å². The highest BCUT2D eigenvalue weighted by Gasteiger charge is 2.26. The molecule has 0 unspecified atom stereocenters. The van der Waals surface area contributed by atoms with Gasteiger partial charge in [0.15, 0.2) is 6.61 Å². The van der Waals surface area contributed by atoms with Gasteiger partial charge >= 0.3 is 5.97 Å². The van der Waals surface area contributed by atoms with Gasteiger partial charge in [-0.15, -0.1) is 0 Å². The molecule has 11 heteroatoms. The quantitative estimate of drug-likeness (QED) is 0.518. The number of nitrogens with one attached hydrogen (secondary N) is 1. The molecule has 1 aliphatic heterocycles. The van der Waals surface area contributed by atoms with Crippen LogP contribution >= 0.6 is 0 Å². The van der Waals surface area contributed by atoms with Crippen molar-refractivity contribution in [1.29, 1.82) is 0 Å². The first-order valence-electron chi connectivity index (χ1n) is 10.4. The van der Waals surface area contributed by atoms with Crippen molar-refractivity contribution < 1.29 is 27.5 Å². The van der Waals surface area contributed by atoms with Gasteiger partial charge in [-0.05, 0) is 37.3 Å². The lowest BCUT2D eigenvalue weighted by Crippen LogP contribution is -2.40. The second-order valence-corrected chi connectivity index (χ2v) is 9.42. The van der Waals surface area contributed by atoms with Crippen LogP contribution in [-0.2, 0) is 35.6 Å². The number of rotatable bonds is 7. The van der Waals surface area contributed by atoms with Crippen LogP contribution in [0.4, 0.5) is 5.69 Å². The van der Waals surface area contributed by atoms with Gasteiger partial charge in [0, 0.05) is 18.8 Å². The van der Waals surface area contributed by atoms with E-state index >= 15 is 0 Å². The average Bonchev–Trinajstić information content (AvgIpc) is 3.13. The Labute approximate surface area is 191 Å². The van der Waals surface area contributed by atoms with Gasteiger partial charge in [-0.1, -0.05) is 18.2 Å². The fourth-order valence-corrected chi connectivity index (χ4v) is 5.04. The van der Waals surface area contributed by atoms with E-state index in [2.05, 4.69) is 10.3 Å². The topological polar surface area (TPSA) is 120 Å². The summed E-state index contributed by atoms with van der Waals surface area (Å²) in [5.41, 5.74) is 1.86. The molecule has 1 saturated heterocycles. The highest BCUT2D eigenvalue weighted by Crippen LogP contribution is 2.20. The third-order valence-electron chi connectivity index (χ3n) is 5.22. The number of anilines is 1. The van der Waals surface area contributed by atoms with Crippen LogP contribution in [0.3, 0.4) is 0 Å². The van der Waals surface area contributed by atoms with Crippen molar-refractivity contribution in [1.82, 2.24) is 13.9 Å². The summed E-state index contributed by atoms with van der Waals surface area (Å²) in [4.78, 5) is 29.0. The van der Waals surface area contributed by atoms with E-state index in [0.29, 0.717) is 24.7 Å². The van der Waals surface area contributed by atoms with Gasteiger partial charge in [-0.3, -0.25) is 9.59 Å². The maximum Gasteiger partial charge on any atom is 0.326 e. The molecule has 1 aliphatic rings. The number of benzene rings is 2. The molecule has 0 spiro atoms. The number of aromatic nitrogens is 2. The van der Waals surface area contributed by atoms with E-state index in [1.165, 1.54) is 16.4 Å². The molecule has 1 N–H and O–H groups in total. The molecule has 0 radical (unpaired) electrons. The second kappa shape index (κ2) is 9.69. The maximum atomic E-state index is 12.8. The molecule has 2 aromatic carbocycles. The Bertz CT molecular complexity index is 1280. The standard InChI is InChI=1S/C22H24N4O6S/c1-16-23-19-7-2-3-8-20(19)26(16)14-22(28)32-15-21(27)24-17-5-4-6-18(13-17)33(29,30)25-9-11-31-12-10-25/h2-8,13H,9-12,14-15H2,1H3,(H,24,27). The number of esters is 1. The van der Waals surface area contributed by atoms with E-state index < -0.39 is 28.5 Å². The molecule has 1 amide bonds. The van der Waals surface area contributed by atoms with Crippen LogP contribution in [-0.4, -0.2) is 67.1 Å². The lowest BCUT2D eigenvalue weighted by Gasteiger charge is -2.26. The summed E-state index contributed by atoms with van der Waals surface area (Å²) in [6.07, 6.45) is 0. The number of hydrogen-bond acceptors (Lipinski definition) is 7. The van der Waals surface area contributed by atoms with Crippen LogP contribution in [0.5, 0.6) is 0 Å². The van der Waals surface area contributed by atoms with Crippen molar-refractivity contribution in [2.24, 2.45) is 0 Å². The Balaban J connectivity index is 1.35. The Morgan fingerprint density at radius 1 is 1.12 bits per heavy atom. The number of carbonyl (C=O) groups is 2. The van der Waals surface area contributed by atoms with Crippen LogP contribution in [0.25, 0.3) is 11.0 Å². The minimum atomic E-state index is -3.69. The Hall–Kier alpha value is -3.28. The first kappa shape index (κ1) is 22.9. The molecule has 1 fully saturated rings. The lowest BCUT2D eigenvalue weighted by atomic mass is 10.3. The number of aryl methyl sites for hydroxylation is 1. The molecule has 0 bridgehead atoms. The van der Waals surface area contributed by atoms with E-state index in [0.717, 1.165) is 11.0 Å². The van der Waals surface area contributed by atoms with Crippen LogP contribution in [0, 0.1) is 6.92 Å². The lowest BCUT2D eigenvalue weighted by molar-refractivity contribution is -0.147. The van der Waals surface area contributed by atoms with Crippen molar-refractivity contribution >= 4 is 38.6 Å². The summed E-state index contributed by atoms with van der Waals surface area (Å²) in [6.45, 7) is 2.46. The molecule has 33 heavy (non-hydrogen) atoms. The molecule has 0 atom stereocenters. The number of nitrogens with zero attached hydrogens (tertiary/aromatic N) is 3.